The number of carbonyl (C=O) groups is 1. The van der Waals surface area contributed by atoms with Gasteiger partial charge in [-0.05, 0) is 38.3 Å². The number of aromatic amines is 1. The number of aromatic nitrogens is 4. The largest absolute Gasteiger partial charge is 0.362 e. The lowest BCUT2D eigenvalue weighted by molar-refractivity contribution is 0.102. The molecule has 1 aliphatic rings. The number of nitrogens with zero attached hydrogens (tertiary/aromatic N) is 4. The Balaban J connectivity index is 1.58. The number of hydrogen-bond acceptors (Lipinski definition) is 6. The SMILES string of the molecule is Cc1cc(CN2CCCc3nc(NC(=O)c4[nH]ncc4Cl)c(C)cc32)on1. The number of anilines is 2. The summed E-state index contributed by atoms with van der Waals surface area (Å²) in [6, 6.07) is 3.99. The molecule has 4 heterocycles. The molecule has 0 aromatic carbocycles. The highest BCUT2D eigenvalue weighted by atomic mass is 35.5. The Bertz CT molecular complexity index is 996. The van der Waals surface area contributed by atoms with E-state index >= 15 is 0 Å². The van der Waals surface area contributed by atoms with E-state index in [1.807, 2.05) is 19.9 Å². The highest BCUT2D eigenvalue weighted by Gasteiger charge is 2.22. The van der Waals surface area contributed by atoms with Gasteiger partial charge in [0.15, 0.2) is 5.76 Å². The molecular formula is C18H19ClN6O2. The minimum atomic E-state index is -0.363. The second kappa shape index (κ2) is 7.03. The number of nitrogens with one attached hydrogen (secondary N) is 2. The van der Waals surface area contributed by atoms with Gasteiger partial charge in [0.2, 0.25) is 0 Å². The Hall–Kier alpha value is -2.87. The van der Waals surface area contributed by atoms with E-state index in [0.717, 1.165) is 47.8 Å². The Labute approximate surface area is 160 Å². The minimum absolute atomic E-state index is 0.220. The van der Waals surface area contributed by atoms with Crippen molar-refractivity contribution < 1.29 is 9.32 Å². The van der Waals surface area contributed by atoms with Crippen LogP contribution >= 0.6 is 11.6 Å². The van der Waals surface area contributed by atoms with E-state index in [2.05, 4.69) is 31.6 Å². The lowest BCUT2D eigenvalue weighted by Gasteiger charge is -2.30. The summed E-state index contributed by atoms with van der Waals surface area (Å²) in [5.41, 5.74) is 3.97. The molecule has 1 aliphatic heterocycles. The first-order valence-corrected chi connectivity index (χ1v) is 9.07. The predicted molar refractivity (Wildman–Crippen MR) is 101 cm³/mol. The predicted octanol–water partition coefficient (Wildman–Crippen LogP) is 3.27. The third-order valence-corrected chi connectivity index (χ3v) is 4.81. The molecule has 0 bridgehead atoms. The van der Waals surface area contributed by atoms with Gasteiger partial charge in [-0.1, -0.05) is 16.8 Å². The van der Waals surface area contributed by atoms with Crippen LogP contribution in [0.1, 0.15) is 39.6 Å². The third-order valence-electron chi connectivity index (χ3n) is 4.53. The van der Waals surface area contributed by atoms with E-state index in [1.165, 1.54) is 6.20 Å². The van der Waals surface area contributed by atoms with Crippen LogP contribution < -0.4 is 10.2 Å². The Morgan fingerprint density at radius 2 is 2.26 bits per heavy atom. The lowest BCUT2D eigenvalue weighted by atomic mass is 10.1. The molecule has 0 aliphatic carbocycles. The molecule has 2 N–H and O–H groups in total. The smallest absolute Gasteiger partial charge is 0.276 e. The standard InChI is InChI=1S/C18H19ClN6O2/c1-10-6-15-14(4-3-5-25(15)9-12-7-11(2)24-27-12)21-17(10)22-18(26)16-13(19)8-20-23-16/h6-8H,3-5,9H2,1-2H3,(H,20,23)(H,21,22,26). The van der Waals surface area contributed by atoms with E-state index in [-0.39, 0.29) is 16.6 Å². The number of rotatable bonds is 4. The molecule has 0 atom stereocenters. The normalized spacial score (nSPS) is 13.5. The molecule has 0 unspecified atom stereocenters. The summed E-state index contributed by atoms with van der Waals surface area (Å²) in [5, 5.41) is 13.4. The zero-order chi connectivity index (χ0) is 19.0. The van der Waals surface area contributed by atoms with Gasteiger partial charge in [-0.15, -0.1) is 0 Å². The first-order chi connectivity index (χ1) is 13.0. The fourth-order valence-corrected chi connectivity index (χ4v) is 3.40. The molecule has 0 radical (unpaired) electrons. The molecule has 27 heavy (non-hydrogen) atoms. The van der Waals surface area contributed by atoms with Crippen LogP contribution in [0.3, 0.4) is 0 Å². The molecular weight excluding hydrogens is 368 g/mol. The molecule has 3 aromatic heterocycles. The fraction of sp³-hybridized carbons (Fsp3) is 0.333. The zero-order valence-electron chi connectivity index (χ0n) is 15.0. The summed E-state index contributed by atoms with van der Waals surface area (Å²) in [6.07, 6.45) is 3.23. The second-order valence-corrected chi connectivity index (χ2v) is 7.03. The molecule has 9 heteroatoms. The van der Waals surface area contributed by atoms with Crippen molar-refractivity contribution in [2.45, 2.75) is 33.2 Å². The van der Waals surface area contributed by atoms with Gasteiger partial charge in [0.05, 0.1) is 34.8 Å². The highest BCUT2D eigenvalue weighted by molar-refractivity contribution is 6.34. The average Bonchev–Trinajstić information content (AvgIpc) is 3.24. The first-order valence-electron chi connectivity index (χ1n) is 8.69. The van der Waals surface area contributed by atoms with Crippen molar-refractivity contribution in [2.24, 2.45) is 0 Å². The van der Waals surface area contributed by atoms with Gasteiger partial charge in [-0.3, -0.25) is 9.89 Å². The highest BCUT2D eigenvalue weighted by Crippen LogP contribution is 2.31. The van der Waals surface area contributed by atoms with Crippen LogP contribution in [0.25, 0.3) is 0 Å². The topological polar surface area (TPSA) is 99.9 Å². The van der Waals surface area contributed by atoms with Gasteiger partial charge in [0, 0.05) is 12.6 Å². The van der Waals surface area contributed by atoms with Crippen molar-refractivity contribution in [1.82, 2.24) is 20.3 Å². The van der Waals surface area contributed by atoms with E-state index in [4.69, 9.17) is 21.1 Å². The average molecular weight is 387 g/mol. The molecule has 140 valence electrons. The number of H-pyrrole nitrogens is 1. The quantitative estimate of drug-likeness (QED) is 0.713. The maximum absolute atomic E-state index is 12.4. The molecule has 8 nitrogen and oxygen atoms in total. The van der Waals surface area contributed by atoms with E-state index < -0.39 is 0 Å². The van der Waals surface area contributed by atoms with Crippen LogP contribution in [-0.4, -0.2) is 32.8 Å². The van der Waals surface area contributed by atoms with Crippen molar-refractivity contribution in [3.05, 3.63) is 51.8 Å². The molecule has 4 rings (SSSR count). The number of halogens is 1. The molecule has 0 saturated carbocycles. The van der Waals surface area contributed by atoms with Crippen LogP contribution in [0, 0.1) is 13.8 Å². The van der Waals surface area contributed by atoms with Crippen LogP contribution in [0.15, 0.2) is 22.9 Å². The summed E-state index contributed by atoms with van der Waals surface area (Å²) in [7, 11) is 0. The van der Waals surface area contributed by atoms with E-state index in [0.29, 0.717) is 12.4 Å². The third kappa shape index (κ3) is 3.52. The van der Waals surface area contributed by atoms with Crippen LogP contribution in [-0.2, 0) is 13.0 Å². The zero-order valence-corrected chi connectivity index (χ0v) is 15.8. The Kier molecular flexibility index (Phi) is 4.57. The Morgan fingerprint density at radius 3 is 2.96 bits per heavy atom. The fourth-order valence-electron chi connectivity index (χ4n) is 3.22. The monoisotopic (exact) mass is 386 g/mol. The van der Waals surface area contributed by atoms with Crippen LogP contribution in [0.4, 0.5) is 11.5 Å². The minimum Gasteiger partial charge on any atom is -0.362 e. The number of carbonyl (C=O) groups excluding carboxylic acids is 1. The number of hydrogen-bond donors (Lipinski definition) is 2. The van der Waals surface area contributed by atoms with Crippen LogP contribution in [0.2, 0.25) is 5.02 Å². The van der Waals surface area contributed by atoms with E-state index in [1.54, 1.807) is 0 Å². The number of pyridine rings is 1. The van der Waals surface area contributed by atoms with Crippen molar-refractivity contribution >= 4 is 29.0 Å². The van der Waals surface area contributed by atoms with Crippen molar-refractivity contribution in [1.29, 1.82) is 0 Å². The summed E-state index contributed by atoms with van der Waals surface area (Å²) < 4.78 is 5.35. The molecule has 1 amide bonds. The van der Waals surface area contributed by atoms with Crippen molar-refractivity contribution in [3.8, 4) is 0 Å². The van der Waals surface area contributed by atoms with Crippen molar-refractivity contribution in [3.63, 3.8) is 0 Å². The lowest BCUT2D eigenvalue weighted by Crippen LogP contribution is -2.30. The van der Waals surface area contributed by atoms with Gasteiger partial charge < -0.3 is 14.7 Å². The maximum atomic E-state index is 12.4. The van der Waals surface area contributed by atoms with Crippen LogP contribution in [0.5, 0.6) is 0 Å². The Morgan fingerprint density at radius 1 is 1.41 bits per heavy atom. The molecule has 3 aromatic rings. The summed E-state index contributed by atoms with van der Waals surface area (Å²) >= 11 is 5.96. The van der Waals surface area contributed by atoms with E-state index in [9.17, 15) is 4.79 Å². The summed E-state index contributed by atoms with van der Waals surface area (Å²) in [6.45, 7) is 5.39. The number of amides is 1. The van der Waals surface area contributed by atoms with Gasteiger partial charge in [0.1, 0.15) is 11.5 Å². The number of aryl methyl sites for hydroxylation is 3. The number of fused-ring (bicyclic) bond motifs is 1. The second-order valence-electron chi connectivity index (χ2n) is 6.63. The van der Waals surface area contributed by atoms with Gasteiger partial charge in [-0.2, -0.15) is 5.10 Å². The van der Waals surface area contributed by atoms with Gasteiger partial charge >= 0.3 is 0 Å². The first kappa shape index (κ1) is 17.5. The molecule has 0 fully saturated rings. The van der Waals surface area contributed by atoms with Gasteiger partial charge in [0.25, 0.3) is 5.91 Å². The van der Waals surface area contributed by atoms with Crippen molar-refractivity contribution in [2.75, 3.05) is 16.8 Å². The van der Waals surface area contributed by atoms with Gasteiger partial charge in [-0.25, -0.2) is 4.98 Å². The summed E-state index contributed by atoms with van der Waals surface area (Å²) in [4.78, 5) is 19.3. The summed E-state index contributed by atoms with van der Waals surface area (Å²) in [5.74, 6) is 0.990. The maximum Gasteiger partial charge on any atom is 0.276 e. The molecule has 0 spiro atoms. The molecule has 0 saturated heterocycles.